The van der Waals surface area contributed by atoms with Crippen molar-refractivity contribution in [1.29, 1.82) is 0 Å². The molecule has 0 radical (unpaired) electrons. The highest BCUT2D eigenvalue weighted by Gasteiger charge is 2.32. The van der Waals surface area contributed by atoms with Crippen molar-refractivity contribution in [1.82, 2.24) is 4.90 Å². The Bertz CT molecular complexity index is 247. The summed E-state index contributed by atoms with van der Waals surface area (Å²) in [7, 11) is 1.66. The van der Waals surface area contributed by atoms with E-state index < -0.39 is 0 Å². The molecule has 0 spiro atoms. The maximum Gasteiger partial charge on any atom is 0.222 e. The Labute approximate surface area is 116 Å². The van der Waals surface area contributed by atoms with E-state index in [-0.39, 0.29) is 5.91 Å². The van der Waals surface area contributed by atoms with Crippen LogP contribution in [0, 0.1) is 5.92 Å². The van der Waals surface area contributed by atoms with E-state index in [0.717, 1.165) is 32.4 Å². The van der Waals surface area contributed by atoms with Gasteiger partial charge in [0, 0.05) is 33.2 Å². The van der Waals surface area contributed by atoms with Crippen LogP contribution in [-0.4, -0.2) is 56.9 Å². The molecule has 112 valence electrons. The van der Waals surface area contributed by atoms with Crippen molar-refractivity contribution in [3.05, 3.63) is 0 Å². The van der Waals surface area contributed by atoms with Gasteiger partial charge in [-0.05, 0) is 38.6 Å². The topological polar surface area (TPSA) is 64.8 Å². The van der Waals surface area contributed by atoms with E-state index in [4.69, 9.17) is 15.2 Å². The second kappa shape index (κ2) is 9.28. The third-order valence-corrected chi connectivity index (χ3v) is 3.61. The van der Waals surface area contributed by atoms with Crippen LogP contribution in [0.3, 0.4) is 0 Å². The molecule has 5 nitrogen and oxygen atoms in total. The minimum absolute atomic E-state index is 0.227. The predicted octanol–water partition coefficient (Wildman–Crippen LogP) is 1.02. The van der Waals surface area contributed by atoms with E-state index in [1.807, 2.05) is 11.8 Å². The molecule has 5 heteroatoms. The first kappa shape index (κ1) is 16.4. The maximum atomic E-state index is 12.2. The van der Waals surface area contributed by atoms with Crippen LogP contribution in [-0.2, 0) is 14.3 Å². The Hall–Kier alpha value is -0.650. The van der Waals surface area contributed by atoms with E-state index in [1.54, 1.807) is 7.11 Å². The summed E-state index contributed by atoms with van der Waals surface area (Å²) < 4.78 is 10.6. The van der Waals surface area contributed by atoms with Crippen LogP contribution < -0.4 is 5.73 Å². The van der Waals surface area contributed by atoms with Crippen molar-refractivity contribution < 1.29 is 14.3 Å². The molecule has 1 saturated carbocycles. The molecule has 1 rings (SSSR count). The highest BCUT2D eigenvalue weighted by molar-refractivity contribution is 5.76. The number of ether oxygens (including phenoxy) is 2. The molecule has 1 amide bonds. The molecule has 0 aromatic heterocycles. The minimum atomic E-state index is 0.227. The van der Waals surface area contributed by atoms with Gasteiger partial charge in [-0.15, -0.1) is 0 Å². The average molecular weight is 272 g/mol. The molecule has 2 N–H and O–H groups in total. The van der Waals surface area contributed by atoms with Crippen LogP contribution in [0.15, 0.2) is 0 Å². The van der Waals surface area contributed by atoms with Crippen LogP contribution in [0.4, 0.5) is 0 Å². The molecule has 1 aliphatic carbocycles. The lowest BCUT2D eigenvalue weighted by Gasteiger charge is -2.35. The molecule has 0 saturated heterocycles. The molecular formula is C14H28N2O3. The summed E-state index contributed by atoms with van der Waals surface area (Å²) >= 11 is 0. The summed E-state index contributed by atoms with van der Waals surface area (Å²) in [6.07, 6.45) is 3.90. The summed E-state index contributed by atoms with van der Waals surface area (Å²) in [5, 5.41) is 0. The number of hydrogen-bond donors (Lipinski definition) is 1. The number of nitrogens with zero attached hydrogens (tertiary/aromatic N) is 1. The molecule has 1 aliphatic rings. The second-order valence-electron chi connectivity index (χ2n) is 5.13. The average Bonchev–Trinajstić information content (AvgIpc) is 2.36. The fraction of sp³-hybridized carbons (Fsp3) is 0.929. The number of methoxy groups -OCH3 is 1. The first-order valence-electron chi connectivity index (χ1n) is 7.29. The zero-order valence-corrected chi connectivity index (χ0v) is 12.3. The van der Waals surface area contributed by atoms with Crippen molar-refractivity contribution >= 4 is 5.91 Å². The first-order chi connectivity index (χ1) is 9.21. The summed E-state index contributed by atoms with van der Waals surface area (Å²) in [4.78, 5) is 14.1. The van der Waals surface area contributed by atoms with Gasteiger partial charge in [0.05, 0.1) is 12.7 Å². The predicted molar refractivity (Wildman–Crippen MR) is 74.9 cm³/mol. The third kappa shape index (κ3) is 5.89. The first-order valence-corrected chi connectivity index (χ1v) is 7.29. The zero-order valence-electron chi connectivity index (χ0n) is 12.3. The van der Waals surface area contributed by atoms with Crippen molar-refractivity contribution in [2.24, 2.45) is 11.7 Å². The lowest BCUT2D eigenvalue weighted by molar-refractivity contribution is -0.135. The summed E-state index contributed by atoms with van der Waals surface area (Å²) in [6, 6.07) is 0. The van der Waals surface area contributed by atoms with Crippen LogP contribution in [0.2, 0.25) is 0 Å². The van der Waals surface area contributed by atoms with Crippen molar-refractivity contribution in [2.45, 2.75) is 38.7 Å². The molecule has 19 heavy (non-hydrogen) atoms. The molecule has 0 bridgehead atoms. The monoisotopic (exact) mass is 272 g/mol. The fourth-order valence-corrected chi connectivity index (χ4v) is 2.43. The Morgan fingerprint density at radius 2 is 2.11 bits per heavy atom. The SMILES string of the molecule is CCOC1CC(CC(=O)N(CCCN)CCOC)C1. The summed E-state index contributed by atoms with van der Waals surface area (Å²) in [5.41, 5.74) is 5.51. The Balaban J connectivity index is 2.27. The lowest BCUT2D eigenvalue weighted by Crippen LogP contribution is -2.40. The van der Waals surface area contributed by atoms with E-state index in [2.05, 4.69) is 0 Å². The van der Waals surface area contributed by atoms with Gasteiger partial charge in [-0.3, -0.25) is 4.79 Å². The quantitative estimate of drug-likeness (QED) is 0.645. The van der Waals surface area contributed by atoms with Gasteiger partial charge >= 0.3 is 0 Å². The van der Waals surface area contributed by atoms with Gasteiger partial charge < -0.3 is 20.1 Å². The van der Waals surface area contributed by atoms with Crippen LogP contribution in [0.1, 0.15) is 32.6 Å². The Kier molecular flexibility index (Phi) is 8.02. The highest BCUT2D eigenvalue weighted by atomic mass is 16.5. The van der Waals surface area contributed by atoms with Gasteiger partial charge in [-0.2, -0.15) is 0 Å². The molecule has 0 heterocycles. The molecule has 1 fully saturated rings. The number of amides is 1. The van der Waals surface area contributed by atoms with Gasteiger partial charge in [0.2, 0.25) is 5.91 Å². The van der Waals surface area contributed by atoms with Crippen LogP contribution >= 0.6 is 0 Å². The number of carbonyl (C=O) groups excluding carboxylic acids is 1. The van der Waals surface area contributed by atoms with E-state index in [0.29, 0.717) is 38.1 Å². The van der Waals surface area contributed by atoms with E-state index in [1.165, 1.54) is 0 Å². The minimum Gasteiger partial charge on any atom is -0.383 e. The smallest absolute Gasteiger partial charge is 0.222 e. The molecule has 0 unspecified atom stereocenters. The number of hydrogen-bond acceptors (Lipinski definition) is 4. The number of rotatable bonds is 10. The number of nitrogens with two attached hydrogens (primary N) is 1. The van der Waals surface area contributed by atoms with Gasteiger partial charge in [0.25, 0.3) is 0 Å². The van der Waals surface area contributed by atoms with E-state index >= 15 is 0 Å². The summed E-state index contributed by atoms with van der Waals surface area (Å²) in [5.74, 6) is 0.720. The molecule has 0 aromatic rings. The highest BCUT2D eigenvalue weighted by Crippen LogP contribution is 2.33. The Morgan fingerprint density at radius 1 is 1.37 bits per heavy atom. The zero-order chi connectivity index (χ0) is 14.1. The number of carbonyl (C=O) groups is 1. The fourth-order valence-electron chi connectivity index (χ4n) is 2.43. The standard InChI is InChI=1S/C14H28N2O3/c1-3-19-13-9-12(10-13)11-14(17)16(6-4-5-15)7-8-18-2/h12-13H,3-11,15H2,1-2H3. The van der Waals surface area contributed by atoms with E-state index in [9.17, 15) is 4.79 Å². The third-order valence-electron chi connectivity index (χ3n) is 3.61. The second-order valence-corrected chi connectivity index (χ2v) is 5.13. The molecular weight excluding hydrogens is 244 g/mol. The van der Waals surface area contributed by atoms with Gasteiger partial charge in [0.1, 0.15) is 0 Å². The van der Waals surface area contributed by atoms with Crippen LogP contribution in [0.25, 0.3) is 0 Å². The largest absolute Gasteiger partial charge is 0.383 e. The van der Waals surface area contributed by atoms with Crippen molar-refractivity contribution in [3.63, 3.8) is 0 Å². The maximum absolute atomic E-state index is 12.2. The summed E-state index contributed by atoms with van der Waals surface area (Å²) in [6.45, 7) is 5.38. The van der Waals surface area contributed by atoms with Gasteiger partial charge in [-0.25, -0.2) is 0 Å². The van der Waals surface area contributed by atoms with Crippen molar-refractivity contribution in [2.75, 3.05) is 40.0 Å². The molecule has 0 aliphatic heterocycles. The molecule has 0 aromatic carbocycles. The van der Waals surface area contributed by atoms with Gasteiger partial charge in [0.15, 0.2) is 0 Å². The Morgan fingerprint density at radius 3 is 2.68 bits per heavy atom. The van der Waals surface area contributed by atoms with Gasteiger partial charge in [-0.1, -0.05) is 0 Å². The normalized spacial score (nSPS) is 22.1. The molecule has 0 atom stereocenters. The lowest BCUT2D eigenvalue weighted by atomic mass is 9.79. The van der Waals surface area contributed by atoms with Crippen molar-refractivity contribution in [3.8, 4) is 0 Å². The van der Waals surface area contributed by atoms with Crippen LogP contribution in [0.5, 0.6) is 0 Å².